The van der Waals surface area contributed by atoms with Crippen LogP contribution in [0.2, 0.25) is 0 Å². The molecule has 3 rings (SSSR count). The van der Waals surface area contributed by atoms with Gasteiger partial charge in [-0.05, 0) is 41.3 Å². The number of thioether (sulfide) groups is 1. The molecule has 0 aliphatic carbocycles. The molecule has 1 amide bonds. The highest BCUT2D eigenvalue weighted by atomic mass is 32.2. The van der Waals surface area contributed by atoms with Gasteiger partial charge < -0.3 is 5.32 Å². The Morgan fingerprint density at radius 2 is 2.00 bits per heavy atom. The van der Waals surface area contributed by atoms with Crippen molar-refractivity contribution in [2.45, 2.75) is 6.92 Å². The lowest BCUT2D eigenvalue weighted by Crippen LogP contribution is -2.19. The Labute approximate surface area is 137 Å². The zero-order chi connectivity index (χ0) is 16.2. The number of hydrogen-bond donors (Lipinski definition) is 1. The summed E-state index contributed by atoms with van der Waals surface area (Å²) < 4.78 is 13.4. The molecule has 0 saturated carbocycles. The molecule has 23 heavy (non-hydrogen) atoms. The van der Waals surface area contributed by atoms with E-state index in [1.165, 1.54) is 23.9 Å². The van der Waals surface area contributed by atoms with E-state index >= 15 is 0 Å². The number of aryl methyl sites for hydroxylation is 1. The predicted molar refractivity (Wildman–Crippen MR) is 92.2 cm³/mol. The molecule has 2 aromatic carbocycles. The third-order valence-corrected chi connectivity index (χ3v) is 4.23. The van der Waals surface area contributed by atoms with E-state index in [0.717, 1.165) is 22.3 Å². The third kappa shape index (κ3) is 3.84. The van der Waals surface area contributed by atoms with Crippen LogP contribution < -0.4 is 5.32 Å². The van der Waals surface area contributed by atoms with Gasteiger partial charge in [-0.1, -0.05) is 42.1 Å². The van der Waals surface area contributed by atoms with Crippen LogP contribution in [-0.4, -0.2) is 23.0 Å². The fourth-order valence-electron chi connectivity index (χ4n) is 2.18. The maximum atomic E-state index is 13.4. The summed E-state index contributed by atoms with van der Waals surface area (Å²) in [6.07, 6.45) is 1.61. The standard InChI is InChI=1S/C17H14FN3OS/c1-11-2-7-14(18)8-15(11)13-5-3-12(4-6-13)9-19-21-17-20-16(22)10-23-17/h2-9H,10H2,1H3,(H,20,21,22). The van der Waals surface area contributed by atoms with Crippen molar-refractivity contribution in [2.75, 3.05) is 5.75 Å². The Hall–Kier alpha value is -2.47. The van der Waals surface area contributed by atoms with Crippen LogP contribution >= 0.6 is 11.8 Å². The van der Waals surface area contributed by atoms with Crippen LogP contribution in [0.1, 0.15) is 11.1 Å². The van der Waals surface area contributed by atoms with E-state index < -0.39 is 0 Å². The Morgan fingerprint density at radius 1 is 1.22 bits per heavy atom. The Balaban J connectivity index is 1.74. The highest BCUT2D eigenvalue weighted by molar-refractivity contribution is 8.15. The van der Waals surface area contributed by atoms with E-state index in [1.54, 1.807) is 12.3 Å². The van der Waals surface area contributed by atoms with Crippen molar-refractivity contribution in [1.82, 2.24) is 5.32 Å². The molecule has 1 fully saturated rings. The van der Waals surface area contributed by atoms with E-state index in [0.29, 0.717) is 10.9 Å². The summed E-state index contributed by atoms with van der Waals surface area (Å²) in [6.45, 7) is 1.95. The lowest BCUT2D eigenvalue weighted by molar-refractivity contribution is -0.116. The van der Waals surface area contributed by atoms with Crippen LogP contribution in [0.15, 0.2) is 52.7 Å². The maximum Gasteiger partial charge on any atom is 0.236 e. The second-order valence-corrected chi connectivity index (χ2v) is 6.03. The second-order valence-electron chi connectivity index (χ2n) is 5.07. The number of benzene rings is 2. The number of amidine groups is 1. The molecular formula is C17H14FN3OS. The van der Waals surface area contributed by atoms with Crippen LogP contribution in [0, 0.1) is 12.7 Å². The number of nitrogens with zero attached hydrogens (tertiary/aromatic N) is 2. The molecule has 1 aliphatic heterocycles. The van der Waals surface area contributed by atoms with Gasteiger partial charge in [0.1, 0.15) is 5.82 Å². The zero-order valence-electron chi connectivity index (χ0n) is 12.4. The second kappa shape index (κ2) is 6.75. The number of hydrogen-bond acceptors (Lipinski definition) is 4. The van der Waals surface area contributed by atoms with E-state index in [-0.39, 0.29) is 11.7 Å². The van der Waals surface area contributed by atoms with Gasteiger partial charge in [-0.2, -0.15) is 5.10 Å². The van der Waals surface area contributed by atoms with Crippen molar-refractivity contribution >= 4 is 29.1 Å². The average molecular weight is 327 g/mol. The SMILES string of the molecule is Cc1ccc(F)cc1-c1ccc(C=NN=C2NC(=O)CS2)cc1. The van der Waals surface area contributed by atoms with Gasteiger partial charge in [0, 0.05) is 0 Å². The molecule has 1 N–H and O–H groups in total. The first kappa shape index (κ1) is 15.4. The molecule has 2 aromatic rings. The first-order valence-electron chi connectivity index (χ1n) is 7.02. The monoisotopic (exact) mass is 327 g/mol. The van der Waals surface area contributed by atoms with Gasteiger partial charge in [0.05, 0.1) is 12.0 Å². The summed E-state index contributed by atoms with van der Waals surface area (Å²) in [7, 11) is 0. The number of carbonyl (C=O) groups excluding carboxylic acids is 1. The number of amides is 1. The average Bonchev–Trinajstić information content (AvgIpc) is 2.96. The molecule has 4 nitrogen and oxygen atoms in total. The largest absolute Gasteiger partial charge is 0.303 e. The van der Waals surface area contributed by atoms with Crippen molar-refractivity contribution in [3.05, 3.63) is 59.4 Å². The summed E-state index contributed by atoms with van der Waals surface area (Å²) in [5.74, 6) is 0.0812. The van der Waals surface area contributed by atoms with Crippen LogP contribution in [0.5, 0.6) is 0 Å². The quantitative estimate of drug-likeness (QED) is 0.694. The molecule has 0 unspecified atom stereocenters. The number of halogens is 1. The number of nitrogens with one attached hydrogen (secondary N) is 1. The summed E-state index contributed by atoms with van der Waals surface area (Å²) in [5.41, 5.74) is 3.72. The van der Waals surface area contributed by atoms with Crippen LogP contribution in [0.4, 0.5) is 4.39 Å². The highest BCUT2D eigenvalue weighted by Crippen LogP contribution is 2.24. The fraction of sp³-hybridized carbons (Fsp3) is 0.118. The zero-order valence-corrected chi connectivity index (χ0v) is 13.2. The number of rotatable bonds is 3. The predicted octanol–water partition coefficient (Wildman–Crippen LogP) is 3.35. The molecule has 1 heterocycles. The summed E-state index contributed by atoms with van der Waals surface area (Å²) in [4.78, 5) is 11.0. The van der Waals surface area contributed by atoms with Crippen LogP contribution in [-0.2, 0) is 4.79 Å². The smallest absolute Gasteiger partial charge is 0.236 e. The summed E-state index contributed by atoms with van der Waals surface area (Å²) in [5, 5.41) is 11.0. The number of carbonyl (C=O) groups is 1. The minimum absolute atomic E-state index is 0.0567. The molecule has 1 saturated heterocycles. The van der Waals surface area contributed by atoms with E-state index in [9.17, 15) is 9.18 Å². The van der Waals surface area contributed by atoms with E-state index in [4.69, 9.17) is 0 Å². The lowest BCUT2D eigenvalue weighted by Gasteiger charge is -2.06. The van der Waals surface area contributed by atoms with Gasteiger partial charge in [-0.15, -0.1) is 5.10 Å². The van der Waals surface area contributed by atoms with Gasteiger partial charge in [0.25, 0.3) is 0 Å². The van der Waals surface area contributed by atoms with Crippen molar-refractivity contribution in [3.8, 4) is 11.1 Å². The molecule has 0 aromatic heterocycles. The topological polar surface area (TPSA) is 53.8 Å². The van der Waals surface area contributed by atoms with E-state index in [2.05, 4.69) is 15.5 Å². The Bertz CT molecular complexity index is 800. The minimum Gasteiger partial charge on any atom is -0.303 e. The first-order chi connectivity index (χ1) is 11.1. The fourth-order valence-corrected chi connectivity index (χ4v) is 2.81. The first-order valence-corrected chi connectivity index (χ1v) is 8.00. The van der Waals surface area contributed by atoms with Gasteiger partial charge in [-0.3, -0.25) is 4.79 Å². The van der Waals surface area contributed by atoms with Crippen molar-refractivity contribution in [1.29, 1.82) is 0 Å². The molecule has 0 spiro atoms. The molecule has 0 atom stereocenters. The Morgan fingerprint density at radius 3 is 2.70 bits per heavy atom. The molecule has 0 bridgehead atoms. The van der Waals surface area contributed by atoms with E-state index in [1.807, 2.05) is 31.2 Å². The van der Waals surface area contributed by atoms with Gasteiger partial charge in [-0.25, -0.2) is 4.39 Å². The molecule has 116 valence electrons. The molecule has 1 aliphatic rings. The highest BCUT2D eigenvalue weighted by Gasteiger charge is 2.15. The van der Waals surface area contributed by atoms with Crippen molar-refractivity contribution in [2.24, 2.45) is 10.2 Å². The molecule has 0 radical (unpaired) electrons. The third-order valence-electron chi connectivity index (χ3n) is 3.36. The van der Waals surface area contributed by atoms with Gasteiger partial charge in [0.2, 0.25) is 5.91 Å². The van der Waals surface area contributed by atoms with Crippen LogP contribution in [0.25, 0.3) is 11.1 Å². The normalized spacial score (nSPS) is 16.3. The van der Waals surface area contributed by atoms with Crippen molar-refractivity contribution < 1.29 is 9.18 Å². The summed E-state index contributed by atoms with van der Waals surface area (Å²) in [6, 6.07) is 12.4. The Kier molecular flexibility index (Phi) is 4.52. The van der Waals surface area contributed by atoms with Gasteiger partial charge in [0.15, 0.2) is 5.17 Å². The lowest BCUT2D eigenvalue weighted by atomic mass is 9.99. The minimum atomic E-state index is -0.247. The summed E-state index contributed by atoms with van der Waals surface area (Å²) >= 11 is 1.33. The molecule has 6 heteroatoms. The van der Waals surface area contributed by atoms with Crippen molar-refractivity contribution in [3.63, 3.8) is 0 Å². The molecular weight excluding hydrogens is 313 g/mol. The van der Waals surface area contributed by atoms with Crippen LogP contribution in [0.3, 0.4) is 0 Å². The maximum absolute atomic E-state index is 13.4. The van der Waals surface area contributed by atoms with Gasteiger partial charge >= 0.3 is 0 Å².